The van der Waals surface area contributed by atoms with E-state index < -0.39 is 0 Å². The summed E-state index contributed by atoms with van der Waals surface area (Å²) in [5, 5.41) is 6.25. The zero-order valence-electron chi connectivity index (χ0n) is 14.4. The van der Waals surface area contributed by atoms with E-state index in [0.29, 0.717) is 13.1 Å². The van der Waals surface area contributed by atoms with E-state index >= 15 is 0 Å². The molecule has 8 heteroatoms. The molecule has 0 unspecified atom stereocenters. The molecule has 1 amide bonds. The summed E-state index contributed by atoms with van der Waals surface area (Å²) in [6.45, 7) is 5.06. The number of aryl methyl sites for hydroxylation is 1. The van der Waals surface area contributed by atoms with Crippen molar-refractivity contribution in [2.24, 2.45) is 7.05 Å². The van der Waals surface area contributed by atoms with Crippen LogP contribution in [0.5, 0.6) is 0 Å². The highest BCUT2D eigenvalue weighted by Crippen LogP contribution is 2.31. The van der Waals surface area contributed by atoms with Crippen molar-refractivity contribution < 1.29 is 9.53 Å². The maximum absolute atomic E-state index is 12.5. The maximum Gasteiger partial charge on any atom is 0.293 e. The van der Waals surface area contributed by atoms with Crippen LogP contribution in [0.4, 0.5) is 0 Å². The van der Waals surface area contributed by atoms with Gasteiger partial charge in [0.2, 0.25) is 5.82 Å². The van der Waals surface area contributed by atoms with E-state index in [9.17, 15) is 4.79 Å². The number of ether oxygens (including phenoxy) is 1. The smallest absolute Gasteiger partial charge is 0.293 e. The lowest BCUT2D eigenvalue weighted by Crippen LogP contribution is -2.57. The van der Waals surface area contributed by atoms with Crippen LogP contribution in [0, 0.1) is 0 Å². The molecule has 0 saturated carbocycles. The largest absolute Gasteiger partial charge is 0.372 e. The van der Waals surface area contributed by atoms with Crippen LogP contribution in [-0.2, 0) is 18.3 Å². The second kappa shape index (κ2) is 6.86. The van der Waals surface area contributed by atoms with E-state index in [-0.39, 0.29) is 17.3 Å². The van der Waals surface area contributed by atoms with Gasteiger partial charge in [0, 0.05) is 44.6 Å². The normalized spacial score (nSPS) is 20.9. The van der Waals surface area contributed by atoms with Crippen molar-refractivity contribution in [1.82, 2.24) is 24.6 Å². The fraction of sp³-hybridized carbons (Fsp3) is 0.588. The van der Waals surface area contributed by atoms with Gasteiger partial charge in [0.1, 0.15) is 6.33 Å². The molecule has 134 valence electrons. The van der Waals surface area contributed by atoms with Crippen molar-refractivity contribution in [3.8, 4) is 0 Å². The lowest BCUT2D eigenvalue weighted by molar-refractivity contribution is -0.134. The number of thiophene rings is 1. The van der Waals surface area contributed by atoms with Crippen molar-refractivity contribution in [1.29, 1.82) is 0 Å². The van der Waals surface area contributed by atoms with Crippen LogP contribution in [0.2, 0.25) is 0 Å². The number of amides is 1. The molecule has 0 bridgehead atoms. The molecule has 2 aromatic heterocycles. The lowest BCUT2D eigenvalue weighted by atomic mass is 9.89. The minimum atomic E-state index is -0.121. The summed E-state index contributed by atoms with van der Waals surface area (Å²) in [5.41, 5.74) is -0.121. The van der Waals surface area contributed by atoms with Crippen LogP contribution >= 0.6 is 11.3 Å². The van der Waals surface area contributed by atoms with Gasteiger partial charge in [0.05, 0.1) is 12.2 Å². The zero-order valence-corrected chi connectivity index (χ0v) is 15.2. The molecule has 4 rings (SSSR count). The first kappa shape index (κ1) is 16.7. The molecule has 4 heterocycles. The molecule has 2 aliphatic rings. The van der Waals surface area contributed by atoms with E-state index in [4.69, 9.17) is 4.74 Å². The summed E-state index contributed by atoms with van der Waals surface area (Å²) < 4.78 is 7.74. The van der Waals surface area contributed by atoms with Crippen LogP contribution in [0.25, 0.3) is 0 Å². The number of carbonyl (C=O) groups is 1. The monoisotopic (exact) mass is 361 g/mol. The van der Waals surface area contributed by atoms with Gasteiger partial charge in [-0.25, -0.2) is 4.98 Å². The number of hydrogen-bond donors (Lipinski definition) is 0. The molecule has 1 spiro atoms. The summed E-state index contributed by atoms with van der Waals surface area (Å²) >= 11 is 1.80. The Morgan fingerprint density at radius 2 is 2.20 bits per heavy atom. The molecule has 0 radical (unpaired) electrons. The highest BCUT2D eigenvalue weighted by Gasteiger charge is 2.41. The van der Waals surface area contributed by atoms with E-state index in [0.717, 1.165) is 39.1 Å². The number of morpholine rings is 1. The topological polar surface area (TPSA) is 63.5 Å². The molecule has 0 aliphatic carbocycles. The van der Waals surface area contributed by atoms with E-state index in [1.54, 1.807) is 29.4 Å². The third-order valence-corrected chi connectivity index (χ3v) is 5.90. The van der Waals surface area contributed by atoms with Gasteiger partial charge in [0.25, 0.3) is 5.91 Å². The number of aromatic nitrogens is 3. The molecule has 0 atom stereocenters. The summed E-state index contributed by atoms with van der Waals surface area (Å²) in [6, 6.07) is 4.29. The second-order valence-corrected chi connectivity index (χ2v) is 7.89. The minimum absolute atomic E-state index is 0.0818. The van der Waals surface area contributed by atoms with Gasteiger partial charge in [-0.05, 0) is 24.3 Å². The summed E-state index contributed by atoms with van der Waals surface area (Å²) in [6.07, 6.45) is 3.30. The predicted octanol–water partition coefficient (Wildman–Crippen LogP) is 1.38. The average molecular weight is 361 g/mol. The van der Waals surface area contributed by atoms with Gasteiger partial charge in [-0.2, -0.15) is 0 Å². The van der Waals surface area contributed by atoms with Crippen LogP contribution in [-0.4, -0.2) is 68.9 Å². The van der Waals surface area contributed by atoms with Gasteiger partial charge in [-0.3, -0.25) is 14.4 Å². The van der Waals surface area contributed by atoms with Crippen LogP contribution in [0.1, 0.15) is 28.3 Å². The molecule has 0 aromatic carbocycles. The van der Waals surface area contributed by atoms with E-state index in [1.807, 2.05) is 4.90 Å². The Kier molecular flexibility index (Phi) is 4.58. The Morgan fingerprint density at radius 1 is 1.36 bits per heavy atom. The van der Waals surface area contributed by atoms with Crippen LogP contribution in [0.3, 0.4) is 0 Å². The predicted molar refractivity (Wildman–Crippen MR) is 94.4 cm³/mol. The third-order valence-electron chi connectivity index (χ3n) is 5.04. The molecular weight excluding hydrogens is 338 g/mol. The van der Waals surface area contributed by atoms with Gasteiger partial charge < -0.3 is 9.64 Å². The number of nitrogens with zero attached hydrogens (tertiary/aromatic N) is 5. The highest BCUT2D eigenvalue weighted by atomic mass is 32.1. The third kappa shape index (κ3) is 3.61. The van der Waals surface area contributed by atoms with E-state index in [2.05, 4.69) is 32.5 Å². The molecule has 2 aliphatic heterocycles. The van der Waals surface area contributed by atoms with Gasteiger partial charge >= 0.3 is 0 Å². The summed E-state index contributed by atoms with van der Waals surface area (Å²) in [7, 11) is 1.77. The van der Waals surface area contributed by atoms with E-state index in [1.165, 1.54) is 4.88 Å². The fourth-order valence-electron chi connectivity index (χ4n) is 3.68. The van der Waals surface area contributed by atoms with Crippen molar-refractivity contribution in [2.75, 3.05) is 32.8 Å². The summed E-state index contributed by atoms with van der Waals surface area (Å²) in [4.78, 5) is 22.3. The lowest BCUT2D eigenvalue weighted by Gasteiger charge is -2.47. The standard InChI is InChI=1S/C17H23N5O2S/c1-20-13-18-15(19-20)16(23)22-6-4-17(5-7-22)12-21(8-9-24-17)11-14-3-2-10-25-14/h2-3,10,13H,4-9,11-12H2,1H3. The Bertz CT molecular complexity index is 721. The van der Waals surface area contributed by atoms with Gasteiger partial charge in [-0.15, -0.1) is 16.4 Å². The van der Waals surface area contributed by atoms with Gasteiger partial charge in [-0.1, -0.05) is 6.07 Å². The maximum atomic E-state index is 12.5. The number of carbonyl (C=O) groups excluding carboxylic acids is 1. The molecular formula is C17H23N5O2S. The van der Waals surface area contributed by atoms with Crippen molar-refractivity contribution >= 4 is 17.2 Å². The number of rotatable bonds is 3. The molecule has 7 nitrogen and oxygen atoms in total. The highest BCUT2D eigenvalue weighted by molar-refractivity contribution is 7.09. The molecule has 2 saturated heterocycles. The Morgan fingerprint density at radius 3 is 2.88 bits per heavy atom. The Hall–Kier alpha value is -1.77. The first-order valence-electron chi connectivity index (χ1n) is 8.67. The molecule has 0 N–H and O–H groups in total. The zero-order chi connectivity index (χ0) is 17.3. The SMILES string of the molecule is Cn1cnc(C(=O)N2CCC3(CC2)CN(Cc2cccs2)CCO3)n1. The fourth-order valence-corrected chi connectivity index (χ4v) is 4.43. The van der Waals surface area contributed by atoms with Crippen molar-refractivity contribution in [3.63, 3.8) is 0 Å². The average Bonchev–Trinajstić information content (AvgIpc) is 3.27. The number of likely N-dealkylation sites (tertiary alicyclic amines) is 1. The first-order chi connectivity index (χ1) is 12.1. The molecule has 25 heavy (non-hydrogen) atoms. The Balaban J connectivity index is 1.36. The Labute approximate surface area is 151 Å². The van der Waals surface area contributed by atoms with Crippen LogP contribution in [0.15, 0.2) is 23.8 Å². The number of piperidine rings is 1. The van der Waals surface area contributed by atoms with Gasteiger partial charge in [0.15, 0.2) is 0 Å². The quantitative estimate of drug-likeness (QED) is 0.827. The van der Waals surface area contributed by atoms with Crippen LogP contribution < -0.4 is 0 Å². The van der Waals surface area contributed by atoms with Crippen molar-refractivity contribution in [3.05, 3.63) is 34.5 Å². The first-order valence-corrected chi connectivity index (χ1v) is 9.55. The molecule has 2 aromatic rings. The second-order valence-electron chi connectivity index (χ2n) is 6.86. The van der Waals surface area contributed by atoms with Crippen molar-refractivity contribution in [2.45, 2.75) is 25.0 Å². The molecule has 2 fully saturated rings. The minimum Gasteiger partial charge on any atom is -0.372 e. The summed E-state index contributed by atoms with van der Waals surface area (Å²) in [5.74, 6) is 0.198. The number of hydrogen-bond acceptors (Lipinski definition) is 6.